The van der Waals surface area contributed by atoms with Crippen LogP contribution < -0.4 is 10.6 Å². The molecule has 1 aromatic heterocycles. The van der Waals surface area contributed by atoms with Gasteiger partial charge >= 0.3 is 0 Å². The van der Waals surface area contributed by atoms with Gasteiger partial charge in [0.25, 0.3) is 0 Å². The highest BCUT2D eigenvalue weighted by atomic mass is 16.5. The lowest BCUT2D eigenvalue weighted by Crippen LogP contribution is -2.46. The molecule has 2 aliphatic heterocycles. The average Bonchev–Trinajstić information content (AvgIpc) is 3.10. The molecule has 2 fully saturated rings. The average molecular weight is 279 g/mol. The number of H-pyrrole nitrogens is 1. The third-order valence-electron chi connectivity index (χ3n) is 4.23. The first-order chi connectivity index (χ1) is 9.62. The molecule has 2 saturated heterocycles. The molecule has 2 atom stereocenters. The van der Waals surface area contributed by atoms with Gasteiger partial charge in [-0.25, -0.2) is 4.98 Å². The Kier molecular flexibility index (Phi) is 3.47. The van der Waals surface area contributed by atoms with E-state index in [1.165, 1.54) is 0 Å². The van der Waals surface area contributed by atoms with Gasteiger partial charge in [0.2, 0.25) is 5.91 Å². The predicted octanol–water partition coefficient (Wildman–Crippen LogP) is -0.220. The van der Waals surface area contributed by atoms with Crippen molar-refractivity contribution in [2.24, 2.45) is 11.3 Å². The van der Waals surface area contributed by atoms with Crippen LogP contribution in [0.1, 0.15) is 31.4 Å². The molecule has 0 spiro atoms. The number of aromatic nitrogens is 3. The fourth-order valence-electron chi connectivity index (χ4n) is 2.90. The van der Waals surface area contributed by atoms with E-state index in [9.17, 15) is 4.79 Å². The summed E-state index contributed by atoms with van der Waals surface area (Å²) in [6.45, 7) is 7.17. The Morgan fingerprint density at radius 3 is 3.20 bits per heavy atom. The van der Waals surface area contributed by atoms with Gasteiger partial charge in [-0.05, 0) is 0 Å². The maximum Gasteiger partial charge on any atom is 0.230 e. The van der Waals surface area contributed by atoms with Crippen molar-refractivity contribution in [1.82, 2.24) is 25.8 Å². The zero-order valence-corrected chi connectivity index (χ0v) is 11.9. The molecule has 7 nitrogen and oxygen atoms in total. The van der Waals surface area contributed by atoms with Crippen molar-refractivity contribution in [3.05, 3.63) is 11.6 Å². The summed E-state index contributed by atoms with van der Waals surface area (Å²) in [5, 5.41) is 13.2. The molecule has 0 aliphatic carbocycles. The van der Waals surface area contributed by atoms with Gasteiger partial charge in [-0.1, -0.05) is 13.8 Å². The van der Waals surface area contributed by atoms with E-state index in [2.05, 4.69) is 25.8 Å². The number of carbonyl (C=O) groups excluding carboxylic acids is 1. The molecule has 0 bridgehead atoms. The number of nitrogens with zero attached hydrogens (tertiary/aromatic N) is 2. The number of aromatic amines is 1. The minimum atomic E-state index is -0.402. The molecule has 3 rings (SSSR count). The van der Waals surface area contributed by atoms with E-state index in [4.69, 9.17) is 4.74 Å². The highest BCUT2D eigenvalue weighted by Crippen LogP contribution is 2.37. The van der Waals surface area contributed by atoms with Crippen molar-refractivity contribution in [2.45, 2.75) is 26.3 Å². The van der Waals surface area contributed by atoms with Crippen LogP contribution in [-0.2, 0) is 16.1 Å². The van der Waals surface area contributed by atoms with E-state index in [1.807, 2.05) is 13.8 Å². The number of amides is 1. The van der Waals surface area contributed by atoms with Crippen molar-refractivity contribution < 1.29 is 9.53 Å². The van der Waals surface area contributed by atoms with Gasteiger partial charge in [0.05, 0.1) is 25.2 Å². The Morgan fingerprint density at radius 1 is 1.60 bits per heavy atom. The lowest BCUT2D eigenvalue weighted by Gasteiger charge is -2.24. The number of fused-ring (bicyclic) bond motifs is 1. The number of rotatable bonds is 4. The van der Waals surface area contributed by atoms with Crippen LogP contribution in [0.15, 0.2) is 0 Å². The molecular weight excluding hydrogens is 258 g/mol. The maximum atomic E-state index is 12.5. The molecule has 0 unspecified atom stereocenters. The zero-order valence-electron chi connectivity index (χ0n) is 11.9. The molecule has 3 N–H and O–H groups in total. The summed E-state index contributed by atoms with van der Waals surface area (Å²) in [6, 6.07) is 0. The van der Waals surface area contributed by atoms with Crippen LogP contribution in [-0.4, -0.2) is 47.4 Å². The van der Waals surface area contributed by atoms with Crippen LogP contribution in [0.25, 0.3) is 0 Å². The molecule has 2 aliphatic rings. The summed E-state index contributed by atoms with van der Waals surface area (Å²) >= 11 is 0. The topological polar surface area (TPSA) is 91.9 Å². The largest absolute Gasteiger partial charge is 0.380 e. The van der Waals surface area contributed by atoms with Crippen molar-refractivity contribution in [1.29, 1.82) is 0 Å². The van der Waals surface area contributed by atoms with Gasteiger partial charge in [0, 0.05) is 24.9 Å². The summed E-state index contributed by atoms with van der Waals surface area (Å²) in [6.07, 6.45) is 0. The molecule has 3 heterocycles. The Hall–Kier alpha value is -1.47. The van der Waals surface area contributed by atoms with Gasteiger partial charge in [0.1, 0.15) is 5.82 Å². The van der Waals surface area contributed by atoms with Crippen LogP contribution in [0.5, 0.6) is 0 Å². The summed E-state index contributed by atoms with van der Waals surface area (Å²) in [4.78, 5) is 16.8. The monoisotopic (exact) mass is 279 g/mol. The van der Waals surface area contributed by atoms with Gasteiger partial charge in [-0.3, -0.25) is 9.89 Å². The van der Waals surface area contributed by atoms with E-state index in [0.717, 1.165) is 12.4 Å². The summed E-state index contributed by atoms with van der Waals surface area (Å²) in [5.41, 5.74) is -0.402. The molecule has 0 aromatic carbocycles. The molecule has 0 radical (unpaired) electrons. The molecule has 110 valence electrons. The number of carbonyl (C=O) groups is 1. The lowest BCUT2D eigenvalue weighted by atomic mass is 9.80. The molecule has 1 aromatic rings. The SMILES string of the molecule is CC(C)c1n[nH]c(CNC(=O)[C@]23CNC[C@H]2COC3)n1. The van der Waals surface area contributed by atoms with Crippen molar-refractivity contribution in [2.75, 3.05) is 26.3 Å². The van der Waals surface area contributed by atoms with Gasteiger partial charge < -0.3 is 15.4 Å². The normalized spacial score (nSPS) is 28.9. The van der Waals surface area contributed by atoms with E-state index >= 15 is 0 Å². The Bertz CT molecular complexity index is 489. The fraction of sp³-hybridized carbons (Fsp3) is 0.769. The highest BCUT2D eigenvalue weighted by molar-refractivity contribution is 5.84. The summed E-state index contributed by atoms with van der Waals surface area (Å²) in [7, 11) is 0. The van der Waals surface area contributed by atoms with Crippen LogP contribution in [0.3, 0.4) is 0 Å². The quantitative estimate of drug-likeness (QED) is 0.709. The maximum absolute atomic E-state index is 12.5. The molecule has 0 saturated carbocycles. The number of hydrogen-bond donors (Lipinski definition) is 3. The highest BCUT2D eigenvalue weighted by Gasteiger charge is 2.52. The van der Waals surface area contributed by atoms with Crippen LogP contribution in [0.4, 0.5) is 0 Å². The van der Waals surface area contributed by atoms with Crippen molar-refractivity contribution in [3.8, 4) is 0 Å². The van der Waals surface area contributed by atoms with Gasteiger partial charge in [-0.2, -0.15) is 5.10 Å². The molecule has 7 heteroatoms. The number of hydrogen-bond acceptors (Lipinski definition) is 5. The van der Waals surface area contributed by atoms with E-state index in [-0.39, 0.29) is 17.7 Å². The second-order valence-corrected chi connectivity index (χ2v) is 5.98. The Morgan fingerprint density at radius 2 is 2.45 bits per heavy atom. The van der Waals surface area contributed by atoms with E-state index in [0.29, 0.717) is 32.1 Å². The van der Waals surface area contributed by atoms with Crippen LogP contribution in [0.2, 0.25) is 0 Å². The first-order valence-electron chi connectivity index (χ1n) is 7.10. The number of ether oxygens (including phenoxy) is 1. The van der Waals surface area contributed by atoms with Gasteiger partial charge in [-0.15, -0.1) is 0 Å². The molecule has 1 amide bonds. The Balaban J connectivity index is 1.61. The first-order valence-corrected chi connectivity index (χ1v) is 7.10. The standard InChI is InChI=1S/C13H21N5O2/c1-8(2)11-16-10(17-18-11)4-15-12(19)13-6-14-3-9(13)5-20-7-13/h8-9,14H,3-7H2,1-2H3,(H,15,19)(H,16,17,18)/t9-,13-/m0/s1. The molecular formula is C13H21N5O2. The third kappa shape index (κ3) is 2.20. The summed E-state index contributed by atoms with van der Waals surface area (Å²) in [5.74, 6) is 2.08. The van der Waals surface area contributed by atoms with Gasteiger partial charge in [0.15, 0.2) is 5.82 Å². The molecule has 20 heavy (non-hydrogen) atoms. The Labute approximate surface area is 117 Å². The van der Waals surface area contributed by atoms with Crippen molar-refractivity contribution in [3.63, 3.8) is 0 Å². The van der Waals surface area contributed by atoms with Crippen LogP contribution in [0, 0.1) is 11.3 Å². The zero-order chi connectivity index (χ0) is 14.2. The van der Waals surface area contributed by atoms with Crippen molar-refractivity contribution >= 4 is 5.91 Å². The summed E-state index contributed by atoms with van der Waals surface area (Å²) < 4.78 is 5.49. The van der Waals surface area contributed by atoms with Crippen LogP contribution >= 0.6 is 0 Å². The fourth-order valence-corrected chi connectivity index (χ4v) is 2.90. The smallest absolute Gasteiger partial charge is 0.230 e. The number of nitrogens with one attached hydrogen (secondary N) is 3. The second-order valence-electron chi connectivity index (χ2n) is 5.98. The second kappa shape index (κ2) is 5.14. The van der Waals surface area contributed by atoms with E-state index in [1.54, 1.807) is 0 Å². The predicted molar refractivity (Wildman–Crippen MR) is 71.9 cm³/mol. The third-order valence-corrected chi connectivity index (χ3v) is 4.23. The van der Waals surface area contributed by atoms with E-state index < -0.39 is 5.41 Å². The minimum Gasteiger partial charge on any atom is -0.380 e. The first kappa shape index (κ1) is 13.5. The lowest BCUT2D eigenvalue weighted by molar-refractivity contribution is -0.131. The minimum absolute atomic E-state index is 0.0486.